The van der Waals surface area contributed by atoms with Gasteiger partial charge in [0, 0.05) is 6.20 Å². The Kier molecular flexibility index (Phi) is 3.42. The minimum atomic E-state index is -0.455. The second-order valence-corrected chi connectivity index (χ2v) is 4.77. The molecule has 0 fully saturated rings. The zero-order valence-corrected chi connectivity index (χ0v) is 12.1. The molecular formula is C16H14N2O4. The molecule has 0 aliphatic carbocycles. The number of pyridine rings is 1. The maximum Gasteiger partial charge on any atom is 0.339 e. The van der Waals surface area contributed by atoms with Crippen molar-refractivity contribution in [1.82, 2.24) is 9.38 Å². The van der Waals surface area contributed by atoms with Crippen LogP contribution in [-0.4, -0.2) is 27.6 Å². The van der Waals surface area contributed by atoms with Crippen LogP contribution in [0.4, 0.5) is 0 Å². The Balaban J connectivity index is 2.11. The molecular weight excluding hydrogens is 284 g/mol. The summed E-state index contributed by atoms with van der Waals surface area (Å²) in [6.45, 7) is 1.86. The number of esters is 1. The van der Waals surface area contributed by atoms with E-state index >= 15 is 0 Å². The van der Waals surface area contributed by atoms with E-state index in [4.69, 9.17) is 9.47 Å². The number of methoxy groups -OCH3 is 1. The van der Waals surface area contributed by atoms with Crippen molar-refractivity contribution in [3.63, 3.8) is 0 Å². The maximum atomic E-state index is 11.8. The van der Waals surface area contributed by atoms with Crippen LogP contribution in [0, 0.1) is 6.92 Å². The first kappa shape index (κ1) is 13.9. The van der Waals surface area contributed by atoms with Crippen LogP contribution in [0.2, 0.25) is 0 Å². The molecule has 0 atom stereocenters. The average Bonchev–Trinajstić information content (AvgIpc) is 2.90. The van der Waals surface area contributed by atoms with E-state index < -0.39 is 5.97 Å². The third kappa shape index (κ3) is 2.46. The van der Waals surface area contributed by atoms with Crippen molar-refractivity contribution in [2.45, 2.75) is 6.92 Å². The smallest absolute Gasteiger partial charge is 0.339 e. The molecule has 0 radical (unpaired) electrons. The van der Waals surface area contributed by atoms with Gasteiger partial charge in [-0.2, -0.15) is 0 Å². The fourth-order valence-electron chi connectivity index (χ4n) is 2.20. The van der Waals surface area contributed by atoms with Gasteiger partial charge in [0.25, 0.3) is 0 Å². The summed E-state index contributed by atoms with van der Waals surface area (Å²) in [5, 5.41) is 9.32. The van der Waals surface area contributed by atoms with Gasteiger partial charge < -0.3 is 19.0 Å². The van der Waals surface area contributed by atoms with Gasteiger partial charge in [-0.05, 0) is 37.3 Å². The lowest BCUT2D eigenvalue weighted by atomic mass is 10.2. The molecule has 0 saturated heterocycles. The van der Waals surface area contributed by atoms with E-state index in [-0.39, 0.29) is 5.75 Å². The van der Waals surface area contributed by atoms with Crippen LogP contribution in [0.1, 0.15) is 16.1 Å². The SMILES string of the molecule is COC(=O)c1cc(Oc2ccc(O)cc2)c2c(C)ncn2c1. The Morgan fingerprint density at radius 3 is 2.68 bits per heavy atom. The number of phenols is 1. The number of rotatable bonds is 3. The first-order valence-corrected chi connectivity index (χ1v) is 6.61. The first-order chi connectivity index (χ1) is 10.6. The van der Waals surface area contributed by atoms with Crippen LogP contribution < -0.4 is 4.74 Å². The summed E-state index contributed by atoms with van der Waals surface area (Å²) in [6.07, 6.45) is 3.26. The Bertz CT molecular complexity index is 837. The summed E-state index contributed by atoms with van der Waals surface area (Å²) in [5.41, 5.74) is 1.91. The Labute approximate surface area is 126 Å². The van der Waals surface area contributed by atoms with Crippen LogP contribution in [0.3, 0.4) is 0 Å². The molecule has 2 heterocycles. The number of hydrogen-bond donors (Lipinski definition) is 1. The van der Waals surface area contributed by atoms with Gasteiger partial charge in [-0.25, -0.2) is 9.78 Å². The summed E-state index contributed by atoms with van der Waals surface area (Å²) in [4.78, 5) is 16.0. The van der Waals surface area contributed by atoms with Crippen molar-refractivity contribution in [1.29, 1.82) is 0 Å². The molecule has 6 heteroatoms. The van der Waals surface area contributed by atoms with Gasteiger partial charge in [-0.15, -0.1) is 0 Å². The van der Waals surface area contributed by atoms with Crippen molar-refractivity contribution < 1.29 is 19.4 Å². The lowest BCUT2D eigenvalue weighted by Crippen LogP contribution is -2.04. The van der Waals surface area contributed by atoms with Gasteiger partial charge in [0.2, 0.25) is 0 Å². The van der Waals surface area contributed by atoms with E-state index in [1.54, 1.807) is 35.1 Å². The number of carbonyl (C=O) groups excluding carboxylic acids is 1. The lowest BCUT2D eigenvalue weighted by molar-refractivity contribution is 0.0600. The second-order valence-electron chi connectivity index (χ2n) is 4.77. The van der Waals surface area contributed by atoms with Gasteiger partial charge in [-0.3, -0.25) is 0 Å². The zero-order chi connectivity index (χ0) is 15.7. The third-order valence-corrected chi connectivity index (χ3v) is 3.26. The van der Waals surface area contributed by atoms with Crippen molar-refractivity contribution in [3.05, 3.63) is 54.1 Å². The number of hydrogen-bond acceptors (Lipinski definition) is 5. The molecule has 112 valence electrons. The van der Waals surface area contributed by atoms with E-state index in [1.165, 1.54) is 19.2 Å². The van der Waals surface area contributed by atoms with Crippen LogP contribution in [0.5, 0.6) is 17.2 Å². The molecule has 3 rings (SSSR count). The normalized spacial score (nSPS) is 10.6. The fraction of sp³-hybridized carbons (Fsp3) is 0.125. The number of fused-ring (bicyclic) bond motifs is 1. The van der Waals surface area contributed by atoms with Gasteiger partial charge in [0.1, 0.15) is 17.0 Å². The number of aromatic hydroxyl groups is 1. The van der Waals surface area contributed by atoms with Crippen molar-refractivity contribution in [2.75, 3.05) is 7.11 Å². The van der Waals surface area contributed by atoms with Gasteiger partial charge in [0.15, 0.2) is 5.75 Å². The van der Waals surface area contributed by atoms with E-state index in [1.807, 2.05) is 6.92 Å². The maximum absolute atomic E-state index is 11.8. The van der Waals surface area contributed by atoms with Gasteiger partial charge in [-0.1, -0.05) is 0 Å². The number of benzene rings is 1. The molecule has 3 aromatic rings. The quantitative estimate of drug-likeness (QED) is 0.753. The Hall–Kier alpha value is -3.02. The Morgan fingerprint density at radius 1 is 1.27 bits per heavy atom. The summed E-state index contributed by atoms with van der Waals surface area (Å²) in [5.74, 6) is 0.732. The number of ether oxygens (including phenoxy) is 2. The van der Waals surface area contributed by atoms with Crippen molar-refractivity contribution in [3.8, 4) is 17.2 Å². The highest BCUT2D eigenvalue weighted by Gasteiger charge is 2.15. The number of nitrogens with zero attached hydrogens (tertiary/aromatic N) is 2. The molecule has 0 unspecified atom stereocenters. The highest BCUT2D eigenvalue weighted by Crippen LogP contribution is 2.30. The zero-order valence-electron chi connectivity index (χ0n) is 12.1. The fourth-order valence-corrected chi connectivity index (χ4v) is 2.20. The standard InChI is InChI=1S/C16H14N2O4/c1-10-15-14(22-13-5-3-12(19)4-6-13)7-11(16(20)21-2)8-18(15)9-17-10/h3-9,19H,1-2H3. The van der Waals surface area contributed by atoms with Crippen LogP contribution in [-0.2, 0) is 4.74 Å². The van der Waals surface area contributed by atoms with Crippen LogP contribution in [0.25, 0.3) is 5.52 Å². The number of carbonyl (C=O) groups is 1. The van der Waals surface area contributed by atoms with E-state index in [2.05, 4.69) is 4.98 Å². The largest absolute Gasteiger partial charge is 0.508 e. The molecule has 0 saturated carbocycles. The first-order valence-electron chi connectivity index (χ1n) is 6.61. The molecule has 2 aromatic heterocycles. The molecule has 0 bridgehead atoms. The average molecular weight is 298 g/mol. The topological polar surface area (TPSA) is 73.1 Å². The molecule has 6 nitrogen and oxygen atoms in total. The summed E-state index contributed by atoms with van der Waals surface area (Å²) in [6, 6.07) is 7.95. The van der Waals surface area contributed by atoms with E-state index in [9.17, 15) is 9.90 Å². The molecule has 1 aromatic carbocycles. The Morgan fingerprint density at radius 2 is 2.00 bits per heavy atom. The number of aryl methyl sites for hydroxylation is 1. The van der Waals surface area contributed by atoms with Crippen LogP contribution in [0.15, 0.2) is 42.9 Å². The van der Waals surface area contributed by atoms with Crippen LogP contribution >= 0.6 is 0 Å². The van der Waals surface area contributed by atoms with E-state index in [0.717, 1.165) is 11.2 Å². The molecule has 22 heavy (non-hydrogen) atoms. The lowest BCUT2D eigenvalue weighted by Gasteiger charge is -2.10. The van der Waals surface area contributed by atoms with Gasteiger partial charge >= 0.3 is 5.97 Å². The highest BCUT2D eigenvalue weighted by atomic mass is 16.5. The minimum absolute atomic E-state index is 0.154. The highest BCUT2D eigenvalue weighted by molar-refractivity contribution is 5.90. The summed E-state index contributed by atoms with van der Waals surface area (Å²) < 4.78 is 12.3. The predicted molar refractivity (Wildman–Crippen MR) is 79.4 cm³/mol. The molecule has 0 aliphatic rings. The molecule has 1 N–H and O–H groups in total. The molecule has 0 amide bonds. The number of aromatic nitrogens is 2. The molecule has 0 aliphatic heterocycles. The number of imidazole rings is 1. The van der Waals surface area contributed by atoms with E-state index in [0.29, 0.717) is 17.1 Å². The van der Waals surface area contributed by atoms with Crippen molar-refractivity contribution in [2.24, 2.45) is 0 Å². The third-order valence-electron chi connectivity index (χ3n) is 3.26. The second kappa shape index (κ2) is 5.40. The molecule has 0 spiro atoms. The van der Waals surface area contributed by atoms with Crippen molar-refractivity contribution >= 4 is 11.5 Å². The summed E-state index contributed by atoms with van der Waals surface area (Å²) in [7, 11) is 1.33. The van der Waals surface area contributed by atoms with Gasteiger partial charge in [0.05, 0.1) is 24.7 Å². The monoisotopic (exact) mass is 298 g/mol. The predicted octanol–water partition coefficient (Wildman–Crippen LogP) is 2.93. The number of phenolic OH excluding ortho intramolecular Hbond substituents is 1. The minimum Gasteiger partial charge on any atom is -0.508 e. The summed E-state index contributed by atoms with van der Waals surface area (Å²) >= 11 is 0.